The van der Waals surface area contributed by atoms with Gasteiger partial charge in [0.2, 0.25) is 5.91 Å². The van der Waals surface area contributed by atoms with Crippen molar-refractivity contribution < 1.29 is 35.5 Å². The molecule has 11 heteroatoms. The summed E-state index contributed by atoms with van der Waals surface area (Å²) in [6.07, 6.45) is -4.09. The van der Waals surface area contributed by atoms with Crippen molar-refractivity contribution >= 4 is 5.91 Å². The van der Waals surface area contributed by atoms with E-state index in [0.717, 1.165) is 13.1 Å². The van der Waals surface area contributed by atoms with Gasteiger partial charge in [-0.1, -0.05) is 19.3 Å². The molecule has 0 bridgehead atoms. The van der Waals surface area contributed by atoms with Gasteiger partial charge < -0.3 is 5.32 Å². The van der Waals surface area contributed by atoms with Gasteiger partial charge in [0, 0.05) is 38.8 Å². The Labute approximate surface area is 221 Å². The van der Waals surface area contributed by atoms with E-state index in [9.17, 15) is 35.5 Å². The monoisotopic (exact) mass is 557 g/mol. The van der Waals surface area contributed by atoms with Crippen LogP contribution >= 0.6 is 0 Å². The molecule has 0 aromatic carbocycles. The number of piperazine rings is 1. The summed E-state index contributed by atoms with van der Waals surface area (Å²) < 4.78 is 94.2. The van der Waals surface area contributed by atoms with E-state index >= 15 is 0 Å². The van der Waals surface area contributed by atoms with Crippen molar-refractivity contribution in [3.05, 3.63) is 0 Å². The summed E-state index contributed by atoms with van der Waals surface area (Å²) in [6.45, 7) is 2.82. The van der Waals surface area contributed by atoms with Crippen LogP contribution in [0.3, 0.4) is 0 Å². The van der Waals surface area contributed by atoms with E-state index in [-0.39, 0.29) is 18.4 Å². The molecule has 1 aliphatic heterocycles. The van der Waals surface area contributed by atoms with Crippen LogP contribution in [-0.4, -0.2) is 79.0 Å². The van der Waals surface area contributed by atoms with Gasteiger partial charge >= 0.3 is 12.4 Å². The zero-order chi connectivity index (χ0) is 27.5. The molecule has 0 aromatic rings. The summed E-state index contributed by atoms with van der Waals surface area (Å²) in [6, 6.07) is 0.0334. The summed E-state index contributed by atoms with van der Waals surface area (Å²) in [5.74, 6) is -5.34. The Hall–Kier alpha value is -1.10. The Balaban J connectivity index is 1.39. The summed E-state index contributed by atoms with van der Waals surface area (Å²) in [5, 5.41) is 2.75. The highest BCUT2D eigenvalue weighted by Gasteiger charge is 2.52. The van der Waals surface area contributed by atoms with E-state index in [1.54, 1.807) is 0 Å². The minimum Gasteiger partial charge on any atom is -0.354 e. The van der Waals surface area contributed by atoms with Gasteiger partial charge in [0.15, 0.2) is 0 Å². The lowest BCUT2D eigenvalue weighted by Gasteiger charge is -2.45. The molecule has 0 aromatic heterocycles. The average Bonchev–Trinajstić information content (AvgIpc) is 2.88. The van der Waals surface area contributed by atoms with Gasteiger partial charge in [-0.15, -0.1) is 0 Å². The van der Waals surface area contributed by atoms with Crippen LogP contribution < -0.4 is 5.32 Å². The number of amides is 1. The first-order valence-corrected chi connectivity index (χ1v) is 14.4. The molecule has 1 N–H and O–H groups in total. The van der Waals surface area contributed by atoms with Crippen LogP contribution in [-0.2, 0) is 4.79 Å². The lowest BCUT2D eigenvalue weighted by Crippen LogP contribution is -2.59. The molecule has 1 saturated heterocycles. The predicted octanol–water partition coefficient (Wildman–Crippen LogP) is 6.11. The third-order valence-electron chi connectivity index (χ3n) is 9.55. The highest BCUT2D eigenvalue weighted by Crippen LogP contribution is 2.47. The molecular formula is C27H42F7N3O. The van der Waals surface area contributed by atoms with Gasteiger partial charge in [-0.3, -0.25) is 14.6 Å². The molecule has 3 atom stereocenters. The van der Waals surface area contributed by atoms with Crippen LogP contribution in [0.2, 0.25) is 0 Å². The Morgan fingerprint density at radius 3 is 1.84 bits per heavy atom. The predicted molar refractivity (Wildman–Crippen MR) is 130 cm³/mol. The number of halogens is 7. The number of alkyl halides is 7. The maximum absolute atomic E-state index is 13.9. The number of rotatable bonds is 6. The van der Waals surface area contributed by atoms with Gasteiger partial charge in [-0.2, -0.15) is 26.3 Å². The second kappa shape index (κ2) is 12.6. The lowest BCUT2D eigenvalue weighted by molar-refractivity contribution is -0.228. The first kappa shape index (κ1) is 29.9. The molecule has 3 aliphatic carbocycles. The number of carbonyl (C=O) groups excluding carboxylic acids is 1. The van der Waals surface area contributed by atoms with Crippen LogP contribution in [0.5, 0.6) is 0 Å². The fourth-order valence-corrected chi connectivity index (χ4v) is 7.39. The lowest BCUT2D eigenvalue weighted by atomic mass is 9.74. The summed E-state index contributed by atoms with van der Waals surface area (Å²) in [7, 11) is 0. The van der Waals surface area contributed by atoms with Gasteiger partial charge in [-0.25, -0.2) is 4.39 Å². The van der Waals surface area contributed by atoms with Crippen LogP contribution in [0.4, 0.5) is 30.7 Å². The zero-order valence-corrected chi connectivity index (χ0v) is 22.0. The minimum atomic E-state index is -4.70. The van der Waals surface area contributed by atoms with Gasteiger partial charge in [0.25, 0.3) is 0 Å². The van der Waals surface area contributed by atoms with E-state index in [2.05, 4.69) is 15.1 Å². The normalized spacial score (nSPS) is 34.1. The minimum absolute atomic E-state index is 0.0690. The maximum Gasteiger partial charge on any atom is 0.391 e. The number of nitrogens with zero attached hydrogens (tertiary/aromatic N) is 2. The fourth-order valence-electron chi connectivity index (χ4n) is 7.39. The molecular weight excluding hydrogens is 515 g/mol. The van der Waals surface area contributed by atoms with Crippen molar-refractivity contribution in [1.82, 2.24) is 15.1 Å². The van der Waals surface area contributed by atoms with Crippen molar-refractivity contribution in [3.63, 3.8) is 0 Å². The molecule has 1 heterocycles. The van der Waals surface area contributed by atoms with Crippen molar-refractivity contribution in [1.29, 1.82) is 0 Å². The summed E-state index contributed by atoms with van der Waals surface area (Å²) in [5.41, 5.74) is 0. The molecule has 4 rings (SSSR count). The first-order chi connectivity index (χ1) is 17.9. The highest BCUT2D eigenvalue weighted by molar-refractivity contribution is 5.82. The zero-order valence-electron chi connectivity index (χ0n) is 22.0. The number of hydrogen-bond acceptors (Lipinski definition) is 3. The molecule has 1 amide bonds. The largest absolute Gasteiger partial charge is 0.391 e. The third-order valence-corrected chi connectivity index (χ3v) is 9.55. The van der Waals surface area contributed by atoms with Gasteiger partial charge in [-0.05, 0) is 69.6 Å². The topological polar surface area (TPSA) is 35.6 Å². The molecule has 4 fully saturated rings. The standard InChI is InChI=1S/C27H42F7N3O/c28-22-8-6-19(7-9-22)24(37-12-10-36(11-13-37)23-4-2-1-3-5-23)25(38)35-17-18-14-20(26(29,30)31)16-21(15-18)27(32,33)34/h18-24H,1-17H2,(H,35,38). The van der Waals surface area contributed by atoms with Crippen molar-refractivity contribution in [2.45, 2.75) is 108 Å². The van der Waals surface area contributed by atoms with Crippen molar-refractivity contribution in [3.8, 4) is 0 Å². The van der Waals surface area contributed by atoms with Gasteiger partial charge in [0.05, 0.1) is 17.9 Å². The molecule has 4 nitrogen and oxygen atoms in total. The first-order valence-electron chi connectivity index (χ1n) is 14.4. The van der Waals surface area contributed by atoms with Gasteiger partial charge in [0.1, 0.15) is 6.17 Å². The van der Waals surface area contributed by atoms with Crippen LogP contribution in [0.25, 0.3) is 0 Å². The van der Waals surface area contributed by atoms with E-state index < -0.39 is 61.6 Å². The molecule has 3 saturated carbocycles. The molecule has 0 spiro atoms. The summed E-state index contributed by atoms with van der Waals surface area (Å²) >= 11 is 0. The second-order valence-electron chi connectivity index (χ2n) is 12.1. The Bertz CT molecular complexity index is 733. The third kappa shape index (κ3) is 7.76. The maximum atomic E-state index is 13.9. The van der Waals surface area contributed by atoms with E-state index in [1.807, 2.05) is 0 Å². The van der Waals surface area contributed by atoms with Crippen LogP contribution in [0.15, 0.2) is 0 Å². The summed E-state index contributed by atoms with van der Waals surface area (Å²) in [4.78, 5) is 18.1. The van der Waals surface area contributed by atoms with E-state index in [4.69, 9.17) is 0 Å². The quantitative estimate of drug-likeness (QED) is 0.401. The molecule has 4 aliphatic rings. The number of nitrogens with one attached hydrogen (secondary N) is 1. The second-order valence-corrected chi connectivity index (χ2v) is 12.1. The average molecular weight is 558 g/mol. The van der Waals surface area contributed by atoms with Crippen molar-refractivity contribution in [2.75, 3.05) is 32.7 Å². The molecule has 38 heavy (non-hydrogen) atoms. The van der Waals surface area contributed by atoms with Crippen LogP contribution in [0.1, 0.15) is 77.0 Å². The SMILES string of the molecule is O=C(NCC1CC(C(F)(F)F)CC(C(F)(F)F)C1)C(C1CCC(F)CC1)N1CCN(C2CCCCC2)CC1. The highest BCUT2D eigenvalue weighted by atomic mass is 19.4. The molecule has 3 unspecified atom stereocenters. The van der Waals surface area contributed by atoms with E-state index in [1.165, 1.54) is 32.1 Å². The van der Waals surface area contributed by atoms with Crippen molar-refractivity contribution in [2.24, 2.45) is 23.7 Å². The molecule has 0 radical (unpaired) electrons. The molecule has 220 valence electrons. The Morgan fingerprint density at radius 2 is 1.32 bits per heavy atom. The Morgan fingerprint density at radius 1 is 0.763 bits per heavy atom. The van der Waals surface area contributed by atoms with Crippen LogP contribution in [0, 0.1) is 23.7 Å². The Kier molecular flexibility index (Phi) is 9.91. The number of carbonyl (C=O) groups is 1. The van der Waals surface area contributed by atoms with E-state index in [0.29, 0.717) is 44.8 Å². The number of hydrogen-bond donors (Lipinski definition) is 1. The smallest absolute Gasteiger partial charge is 0.354 e. The fraction of sp³-hybridized carbons (Fsp3) is 0.963.